The van der Waals surface area contributed by atoms with Crippen LogP contribution in [0.4, 0.5) is 0 Å². The number of esters is 1. The van der Waals surface area contributed by atoms with Crippen molar-refractivity contribution in [3.05, 3.63) is 0 Å². The Bertz CT molecular complexity index is 310. The molecule has 0 aromatic heterocycles. The molecule has 0 amide bonds. The molecule has 1 saturated carbocycles. The van der Waals surface area contributed by atoms with Crippen LogP contribution in [0.1, 0.15) is 79.1 Å². The van der Waals surface area contributed by atoms with Crippen molar-refractivity contribution >= 4 is 14.3 Å². The topological polar surface area (TPSA) is 35.5 Å². The summed E-state index contributed by atoms with van der Waals surface area (Å²) in [7, 11) is -1.63. The summed E-state index contributed by atoms with van der Waals surface area (Å²) in [5, 5.41) is 0. The molecule has 0 saturated heterocycles. The standard InChI is InChI=1S/C18H36O3Si/c1-5-17(19)20-16-15-18(13-11-9-10-12-14-18)21-22(6-2,7-3)8-4/h5-16H2,1-4H3. The summed E-state index contributed by atoms with van der Waals surface area (Å²) in [6.45, 7) is 9.25. The predicted octanol–water partition coefficient (Wildman–Crippen LogP) is 5.44. The normalized spacial score (nSPS) is 18.7. The van der Waals surface area contributed by atoms with E-state index in [1.807, 2.05) is 6.92 Å². The number of carbonyl (C=O) groups is 1. The third-order valence-electron chi connectivity index (χ3n) is 5.49. The molecule has 130 valence electrons. The van der Waals surface area contributed by atoms with Crippen molar-refractivity contribution in [3.63, 3.8) is 0 Å². The van der Waals surface area contributed by atoms with Crippen LogP contribution in [0.3, 0.4) is 0 Å². The lowest BCUT2D eigenvalue weighted by Gasteiger charge is -2.42. The number of ether oxygens (including phenoxy) is 1. The molecule has 0 bridgehead atoms. The highest BCUT2D eigenvalue weighted by atomic mass is 28.4. The lowest BCUT2D eigenvalue weighted by Crippen LogP contribution is -2.47. The van der Waals surface area contributed by atoms with Crippen molar-refractivity contribution in [2.75, 3.05) is 6.61 Å². The second kappa shape index (κ2) is 9.71. The van der Waals surface area contributed by atoms with Gasteiger partial charge in [0.25, 0.3) is 0 Å². The van der Waals surface area contributed by atoms with Gasteiger partial charge in [-0.05, 0) is 31.0 Å². The monoisotopic (exact) mass is 328 g/mol. The van der Waals surface area contributed by atoms with Crippen LogP contribution in [-0.2, 0) is 14.0 Å². The molecule has 1 aliphatic rings. The quantitative estimate of drug-likeness (QED) is 0.321. The minimum Gasteiger partial charge on any atom is -0.466 e. The van der Waals surface area contributed by atoms with E-state index in [4.69, 9.17) is 9.16 Å². The predicted molar refractivity (Wildman–Crippen MR) is 94.6 cm³/mol. The fourth-order valence-corrected chi connectivity index (χ4v) is 6.81. The van der Waals surface area contributed by atoms with Gasteiger partial charge in [0.15, 0.2) is 8.32 Å². The van der Waals surface area contributed by atoms with E-state index in [-0.39, 0.29) is 11.6 Å². The van der Waals surface area contributed by atoms with Gasteiger partial charge in [-0.3, -0.25) is 4.79 Å². The molecule has 0 radical (unpaired) electrons. The zero-order valence-electron chi connectivity index (χ0n) is 15.2. The molecule has 3 nitrogen and oxygen atoms in total. The van der Waals surface area contributed by atoms with Gasteiger partial charge in [-0.2, -0.15) is 0 Å². The van der Waals surface area contributed by atoms with Crippen LogP contribution in [0.15, 0.2) is 0 Å². The Kier molecular flexibility index (Phi) is 8.69. The van der Waals surface area contributed by atoms with Crippen LogP contribution in [0.5, 0.6) is 0 Å². The molecule has 0 spiro atoms. The first-order chi connectivity index (χ1) is 10.6. The first kappa shape index (κ1) is 19.7. The lowest BCUT2D eigenvalue weighted by atomic mass is 9.91. The van der Waals surface area contributed by atoms with Gasteiger partial charge in [0.05, 0.1) is 12.2 Å². The summed E-state index contributed by atoms with van der Waals surface area (Å²) in [4.78, 5) is 11.4. The molecule has 1 rings (SSSR count). The van der Waals surface area contributed by atoms with Gasteiger partial charge < -0.3 is 9.16 Å². The summed E-state index contributed by atoms with van der Waals surface area (Å²) in [5.74, 6) is -0.0891. The van der Waals surface area contributed by atoms with Crippen molar-refractivity contribution in [1.82, 2.24) is 0 Å². The van der Waals surface area contributed by atoms with E-state index in [2.05, 4.69) is 20.8 Å². The van der Waals surface area contributed by atoms with E-state index in [0.717, 1.165) is 19.3 Å². The molecule has 1 fully saturated rings. The van der Waals surface area contributed by atoms with Crippen LogP contribution >= 0.6 is 0 Å². The van der Waals surface area contributed by atoms with E-state index in [1.54, 1.807) is 0 Å². The maximum atomic E-state index is 11.4. The Morgan fingerprint density at radius 2 is 1.50 bits per heavy atom. The van der Waals surface area contributed by atoms with Crippen molar-refractivity contribution < 1.29 is 14.0 Å². The Hall–Kier alpha value is -0.353. The number of rotatable bonds is 9. The average Bonchev–Trinajstić information content (AvgIpc) is 2.78. The fraction of sp³-hybridized carbons (Fsp3) is 0.944. The lowest BCUT2D eigenvalue weighted by molar-refractivity contribution is -0.144. The molecular weight excluding hydrogens is 292 g/mol. The molecule has 0 atom stereocenters. The zero-order chi connectivity index (χ0) is 16.5. The van der Waals surface area contributed by atoms with E-state index >= 15 is 0 Å². The number of carbonyl (C=O) groups excluding carboxylic acids is 1. The van der Waals surface area contributed by atoms with Gasteiger partial charge in [-0.1, -0.05) is 53.4 Å². The highest BCUT2D eigenvalue weighted by Gasteiger charge is 2.40. The molecule has 1 aliphatic carbocycles. The van der Waals surface area contributed by atoms with Crippen LogP contribution in [0.2, 0.25) is 18.1 Å². The Morgan fingerprint density at radius 3 is 1.95 bits per heavy atom. The summed E-state index contributed by atoms with van der Waals surface area (Å²) in [5.41, 5.74) is -0.0290. The number of hydrogen-bond acceptors (Lipinski definition) is 3. The third-order valence-corrected chi connectivity index (χ3v) is 10.2. The average molecular weight is 329 g/mol. The molecule has 0 N–H and O–H groups in total. The first-order valence-corrected chi connectivity index (χ1v) is 11.9. The minimum atomic E-state index is -1.63. The zero-order valence-corrected chi connectivity index (χ0v) is 16.2. The Labute approximate surface area is 138 Å². The number of hydrogen-bond donors (Lipinski definition) is 0. The molecule has 0 aromatic rings. The van der Waals surface area contributed by atoms with Gasteiger partial charge >= 0.3 is 5.97 Å². The van der Waals surface area contributed by atoms with Crippen molar-refractivity contribution in [2.45, 2.75) is 103 Å². The van der Waals surface area contributed by atoms with E-state index in [9.17, 15) is 4.79 Å². The molecule has 22 heavy (non-hydrogen) atoms. The van der Waals surface area contributed by atoms with Crippen molar-refractivity contribution in [3.8, 4) is 0 Å². The highest BCUT2D eigenvalue weighted by Crippen LogP contribution is 2.39. The van der Waals surface area contributed by atoms with Gasteiger partial charge in [-0.15, -0.1) is 0 Å². The smallest absolute Gasteiger partial charge is 0.305 e. The molecule has 0 aliphatic heterocycles. The van der Waals surface area contributed by atoms with E-state index < -0.39 is 8.32 Å². The third kappa shape index (κ3) is 5.69. The minimum absolute atomic E-state index is 0.0290. The summed E-state index contributed by atoms with van der Waals surface area (Å²) < 4.78 is 12.3. The van der Waals surface area contributed by atoms with Crippen LogP contribution in [-0.4, -0.2) is 26.5 Å². The summed E-state index contributed by atoms with van der Waals surface area (Å²) in [6.07, 6.45) is 8.78. The van der Waals surface area contributed by atoms with Crippen LogP contribution < -0.4 is 0 Å². The van der Waals surface area contributed by atoms with E-state index in [1.165, 1.54) is 43.8 Å². The SMILES string of the molecule is CCC(=O)OCCC1(O[Si](CC)(CC)CC)CCCCCC1. The van der Waals surface area contributed by atoms with E-state index in [0.29, 0.717) is 13.0 Å². The maximum Gasteiger partial charge on any atom is 0.305 e. The summed E-state index contributed by atoms with van der Waals surface area (Å²) in [6, 6.07) is 3.57. The van der Waals surface area contributed by atoms with Crippen molar-refractivity contribution in [1.29, 1.82) is 0 Å². The van der Waals surface area contributed by atoms with Gasteiger partial charge in [0.2, 0.25) is 0 Å². The maximum absolute atomic E-state index is 11.4. The first-order valence-electron chi connectivity index (χ1n) is 9.41. The molecular formula is C18H36O3Si. The van der Waals surface area contributed by atoms with Crippen LogP contribution in [0.25, 0.3) is 0 Å². The Morgan fingerprint density at radius 1 is 0.955 bits per heavy atom. The van der Waals surface area contributed by atoms with Gasteiger partial charge in [0, 0.05) is 12.8 Å². The summed E-state index contributed by atoms with van der Waals surface area (Å²) >= 11 is 0. The molecule has 0 aromatic carbocycles. The fourth-order valence-electron chi connectivity index (χ4n) is 3.65. The van der Waals surface area contributed by atoms with Gasteiger partial charge in [0.1, 0.15) is 0 Å². The van der Waals surface area contributed by atoms with Gasteiger partial charge in [-0.25, -0.2) is 0 Å². The highest BCUT2D eigenvalue weighted by molar-refractivity contribution is 6.73. The van der Waals surface area contributed by atoms with Crippen LogP contribution in [0, 0.1) is 0 Å². The Balaban J connectivity index is 2.78. The second-order valence-electron chi connectivity index (χ2n) is 6.77. The largest absolute Gasteiger partial charge is 0.466 e. The second-order valence-corrected chi connectivity index (χ2v) is 11.5. The molecule has 0 heterocycles. The van der Waals surface area contributed by atoms with Crippen molar-refractivity contribution in [2.24, 2.45) is 0 Å². The molecule has 4 heteroatoms. The molecule has 0 unspecified atom stereocenters.